The molecular formula is C25H21BrN2O4S. The van der Waals surface area contributed by atoms with Crippen LogP contribution in [0.5, 0.6) is 11.5 Å². The zero-order chi connectivity index (χ0) is 23.7. The highest BCUT2D eigenvalue weighted by atomic mass is 79.9. The Balaban J connectivity index is 1.65. The number of nitrogens with zero attached hydrogens (tertiary/aromatic N) is 2. The number of fused-ring (bicyclic) bond motifs is 1. The van der Waals surface area contributed by atoms with E-state index in [9.17, 15) is 9.59 Å². The Hall–Kier alpha value is -3.23. The molecule has 0 radical (unpaired) electrons. The van der Waals surface area contributed by atoms with Crippen LogP contribution in [0.1, 0.15) is 11.1 Å². The van der Waals surface area contributed by atoms with E-state index in [2.05, 4.69) is 34.1 Å². The van der Waals surface area contributed by atoms with Crippen LogP contribution in [0.4, 0.5) is 0 Å². The molecule has 0 saturated carbocycles. The lowest BCUT2D eigenvalue weighted by Crippen LogP contribution is -2.52. The molecule has 168 valence electrons. The predicted molar refractivity (Wildman–Crippen MR) is 135 cm³/mol. The van der Waals surface area contributed by atoms with E-state index in [-0.39, 0.29) is 10.7 Å². The standard InChI is InChI=1S/C25H21BrN2O4S/c1-27-23(29)19(24(30)28(2)25(27)33)11-15-12-20(26)22(21(13-15)31-3)32-14-17-9-6-8-16-7-4-5-10-18(16)17/h4-13H,14H2,1-3H3. The van der Waals surface area contributed by atoms with Crippen molar-refractivity contribution in [2.24, 2.45) is 0 Å². The normalized spacial score (nSPS) is 14.2. The van der Waals surface area contributed by atoms with E-state index in [1.54, 1.807) is 33.3 Å². The van der Waals surface area contributed by atoms with Crippen LogP contribution in [-0.2, 0) is 16.2 Å². The lowest BCUT2D eigenvalue weighted by atomic mass is 10.1. The maximum Gasteiger partial charge on any atom is 0.265 e. The first-order valence-electron chi connectivity index (χ1n) is 10.1. The first-order chi connectivity index (χ1) is 15.8. The van der Waals surface area contributed by atoms with E-state index < -0.39 is 11.8 Å². The molecule has 1 heterocycles. The van der Waals surface area contributed by atoms with Gasteiger partial charge in [0.1, 0.15) is 12.2 Å². The van der Waals surface area contributed by atoms with Crippen LogP contribution in [0.15, 0.2) is 64.6 Å². The lowest BCUT2D eigenvalue weighted by Gasteiger charge is -2.31. The minimum atomic E-state index is -0.450. The van der Waals surface area contributed by atoms with Crippen molar-refractivity contribution in [2.45, 2.75) is 6.61 Å². The van der Waals surface area contributed by atoms with Gasteiger partial charge >= 0.3 is 0 Å². The first-order valence-corrected chi connectivity index (χ1v) is 11.3. The van der Waals surface area contributed by atoms with Gasteiger partial charge in [0, 0.05) is 14.1 Å². The minimum Gasteiger partial charge on any atom is -0.493 e. The van der Waals surface area contributed by atoms with Crippen LogP contribution in [0.2, 0.25) is 0 Å². The van der Waals surface area contributed by atoms with Crippen LogP contribution in [0, 0.1) is 0 Å². The van der Waals surface area contributed by atoms with E-state index in [4.69, 9.17) is 21.7 Å². The Labute approximate surface area is 205 Å². The summed E-state index contributed by atoms with van der Waals surface area (Å²) in [6.07, 6.45) is 1.53. The number of hydrogen-bond acceptors (Lipinski definition) is 5. The van der Waals surface area contributed by atoms with E-state index in [1.165, 1.54) is 15.9 Å². The number of methoxy groups -OCH3 is 1. The summed E-state index contributed by atoms with van der Waals surface area (Å²) in [6.45, 7) is 0.348. The molecule has 0 spiro atoms. The smallest absolute Gasteiger partial charge is 0.265 e. The van der Waals surface area contributed by atoms with Gasteiger partial charge in [0.2, 0.25) is 0 Å². The number of thiocarbonyl (C=S) groups is 1. The second kappa shape index (κ2) is 9.33. The number of benzene rings is 3. The second-order valence-electron chi connectivity index (χ2n) is 7.53. The van der Waals surface area contributed by atoms with Crippen molar-refractivity contribution in [3.05, 3.63) is 75.8 Å². The van der Waals surface area contributed by atoms with Crippen LogP contribution in [0.25, 0.3) is 16.8 Å². The SMILES string of the molecule is COc1cc(C=C2C(=O)N(C)C(=S)N(C)C2=O)cc(Br)c1OCc1cccc2ccccc12. The van der Waals surface area contributed by atoms with Crippen molar-refractivity contribution < 1.29 is 19.1 Å². The Morgan fingerprint density at radius 1 is 1.00 bits per heavy atom. The summed E-state index contributed by atoms with van der Waals surface area (Å²) in [4.78, 5) is 27.8. The molecule has 0 aromatic heterocycles. The van der Waals surface area contributed by atoms with Crippen LogP contribution in [0.3, 0.4) is 0 Å². The molecule has 33 heavy (non-hydrogen) atoms. The van der Waals surface area contributed by atoms with Crippen LogP contribution in [-0.4, -0.2) is 47.9 Å². The van der Waals surface area contributed by atoms with Gasteiger partial charge < -0.3 is 9.47 Å². The first kappa shape index (κ1) is 22.9. The number of amides is 2. The number of halogens is 1. The summed E-state index contributed by atoms with van der Waals surface area (Å²) in [6, 6.07) is 17.7. The van der Waals surface area contributed by atoms with Crippen molar-refractivity contribution in [3.8, 4) is 11.5 Å². The fraction of sp³-hybridized carbons (Fsp3) is 0.160. The number of rotatable bonds is 5. The average Bonchev–Trinajstić information content (AvgIpc) is 2.83. The molecule has 0 bridgehead atoms. The fourth-order valence-electron chi connectivity index (χ4n) is 3.67. The molecule has 3 aromatic rings. The molecular weight excluding hydrogens is 504 g/mol. The van der Waals surface area contributed by atoms with Crippen molar-refractivity contribution in [2.75, 3.05) is 21.2 Å². The molecule has 1 saturated heterocycles. The topological polar surface area (TPSA) is 59.1 Å². The van der Waals surface area contributed by atoms with Crippen molar-refractivity contribution in [1.29, 1.82) is 0 Å². The van der Waals surface area contributed by atoms with Gasteiger partial charge in [-0.05, 0) is 68.3 Å². The highest BCUT2D eigenvalue weighted by Crippen LogP contribution is 2.38. The summed E-state index contributed by atoms with van der Waals surface area (Å²) < 4.78 is 12.3. The Morgan fingerprint density at radius 2 is 1.67 bits per heavy atom. The Kier molecular flexibility index (Phi) is 6.49. The summed E-state index contributed by atoms with van der Waals surface area (Å²) in [5, 5.41) is 2.43. The Bertz CT molecular complexity index is 1290. The summed E-state index contributed by atoms with van der Waals surface area (Å²) in [5.41, 5.74) is 1.68. The van der Waals surface area contributed by atoms with Gasteiger partial charge in [-0.1, -0.05) is 42.5 Å². The molecule has 0 aliphatic carbocycles. The van der Waals surface area contributed by atoms with Gasteiger partial charge in [-0.2, -0.15) is 0 Å². The van der Waals surface area contributed by atoms with Gasteiger partial charge in [-0.25, -0.2) is 0 Å². The van der Waals surface area contributed by atoms with E-state index in [0.29, 0.717) is 28.1 Å². The highest BCUT2D eigenvalue weighted by molar-refractivity contribution is 9.10. The third-order valence-corrected chi connectivity index (χ3v) is 6.60. The number of ether oxygens (including phenoxy) is 2. The Morgan fingerprint density at radius 3 is 2.36 bits per heavy atom. The number of carbonyl (C=O) groups is 2. The van der Waals surface area contributed by atoms with E-state index in [0.717, 1.165) is 16.3 Å². The molecule has 4 rings (SSSR count). The minimum absolute atomic E-state index is 0.0203. The van der Waals surface area contributed by atoms with Crippen molar-refractivity contribution in [3.63, 3.8) is 0 Å². The maximum atomic E-state index is 12.6. The molecule has 0 N–H and O–H groups in total. The number of hydrogen-bond donors (Lipinski definition) is 0. The average molecular weight is 525 g/mol. The van der Waals surface area contributed by atoms with Gasteiger partial charge in [0.15, 0.2) is 16.6 Å². The van der Waals surface area contributed by atoms with Gasteiger partial charge in [-0.3, -0.25) is 19.4 Å². The highest BCUT2D eigenvalue weighted by Gasteiger charge is 2.35. The zero-order valence-electron chi connectivity index (χ0n) is 18.3. The molecule has 3 aromatic carbocycles. The van der Waals surface area contributed by atoms with E-state index in [1.807, 2.05) is 24.3 Å². The number of carbonyl (C=O) groups excluding carboxylic acids is 2. The molecule has 6 nitrogen and oxygen atoms in total. The quantitative estimate of drug-likeness (QED) is 0.273. The number of likely N-dealkylation sites (N-methyl/N-ethyl adjacent to an activating group) is 2. The largest absolute Gasteiger partial charge is 0.493 e. The fourth-order valence-corrected chi connectivity index (χ4v) is 4.41. The molecule has 0 atom stereocenters. The third-order valence-electron chi connectivity index (χ3n) is 5.46. The van der Waals surface area contributed by atoms with Crippen LogP contribution >= 0.6 is 28.1 Å². The summed E-state index contributed by atoms with van der Waals surface area (Å²) >= 11 is 8.68. The predicted octanol–water partition coefficient (Wildman–Crippen LogP) is 4.79. The monoisotopic (exact) mass is 524 g/mol. The molecule has 8 heteroatoms. The molecule has 2 amide bonds. The van der Waals surface area contributed by atoms with Gasteiger partial charge in [0.25, 0.3) is 11.8 Å². The zero-order valence-corrected chi connectivity index (χ0v) is 20.7. The molecule has 0 unspecified atom stereocenters. The maximum absolute atomic E-state index is 12.6. The third kappa shape index (κ3) is 4.36. The van der Waals surface area contributed by atoms with E-state index >= 15 is 0 Å². The van der Waals surface area contributed by atoms with Crippen molar-refractivity contribution >= 4 is 61.9 Å². The molecule has 1 aliphatic heterocycles. The van der Waals surface area contributed by atoms with Gasteiger partial charge in [-0.15, -0.1) is 0 Å². The van der Waals surface area contributed by atoms with Gasteiger partial charge in [0.05, 0.1) is 11.6 Å². The molecule has 1 fully saturated rings. The van der Waals surface area contributed by atoms with Crippen LogP contribution < -0.4 is 9.47 Å². The summed E-state index contributed by atoms with van der Waals surface area (Å²) in [7, 11) is 4.63. The second-order valence-corrected chi connectivity index (χ2v) is 8.75. The van der Waals surface area contributed by atoms with Crippen molar-refractivity contribution in [1.82, 2.24) is 9.80 Å². The molecule has 1 aliphatic rings. The lowest BCUT2D eigenvalue weighted by molar-refractivity contribution is -0.132. The summed E-state index contributed by atoms with van der Waals surface area (Å²) in [5.74, 6) is 0.109.